The topological polar surface area (TPSA) is 38.7 Å². The second kappa shape index (κ2) is 6.19. The lowest BCUT2D eigenvalue weighted by Gasteiger charge is -2.20. The van der Waals surface area contributed by atoms with Gasteiger partial charge < -0.3 is 14.6 Å². The summed E-state index contributed by atoms with van der Waals surface area (Å²) in [6.07, 6.45) is -0.783. The van der Waals surface area contributed by atoms with E-state index in [4.69, 9.17) is 9.47 Å². The Hall–Kier alpha value is -2.00. The number of aliphatic hydroxyl groups excluding tert-OH is 1. The lowest BCUT2D eigenvalue weighted by Crippen LogP contribution is -2.06. The molecule has 0 fully saturated rings. The molecule has 112 valence electrons. The summed E-state index contributed by atoms with van der Waals surface area (Å²) in [5, 5.41) is 10.8. The predicted molar refractivity (Wildman–Crippen MR) is 84.3 cm³/mol. The van der Waals surface area contributed by atoms with Crippen molar-refractivity contribution < 1.29 is 14.6 Å². The van der Waals surface area contributed by atoms with Crippen LogP contribution in [-0.4, -0.2) is 19.3 Å². The maximum Gasteiger partial charge on any atom is 0.128 e. The van der Waals surface area contributed by atoms with Crippen molar-refractivity contribution in [2.45, 2.75) is 26.9 Å². The molecule has 3 nitrogen and oxygen atoms in total. The van der Waals surface area contributed by atoms with Crippen LogP contribution in [0.25, 0.3) is 0 Å². The van der Waals surface area contributed by atoms with Gasteiger partial charge in [-0.2, -0.15) is 0 Å². The molecule has 1 atom stereocenters. The molecule has 0 spiro atoms. The molecule has 0 aliphatic carbocycles. The first-order valence-corrected chi connectivity index (χ1v) is 6.96. The lowest BCUT2D eigenvalue weighted by molar-refractivity contribution is 0.209. The number of rotatable bonds is 4. The molecule has 0 heterocycles. The monoisotopic (exact) mass is 286 g/mol. The van der Waals surface area contributed by atoms with Crippen LogP contribution >= 0.6 is 0 Å². The van der Waals surface area contributed by atoms with Crippen LogP contribution in [0.5, 0.6) is 11.5 Å². The summed E-state index contributed by atoms with van der Waals surface area (Å²) in [6, 6.07) is 9.69. The highest BCUT2D eigenvalue weighted by molar-refractivity contribution is 5.51. The van der Waals surface area contributed by atoms with E-state index in [9.17, 15) is 5.11 Å². The maximum absolute atomic E-state index is 10.8. The zero-order chi connectivity index (χ0) is 15.6. The minimum Gasteiger partial charge on any atom is -0.496 e. The standard InChI is InChI=1S/C18H22O3/c1-11-6-9-16(20-4)15(10-11)17(19)14-8-7-12(2)13(3)18(14)21-5/h6-10,17,19H,1-5H3. The highest BCUT2D eigenvalue weighted by Crippen LogP contribution is 2.37. The zero-order valence-corrected chi connectivity index (χ0v) is 13.2. The Morgan fingerprint density at radius 2 is 1.62 bits per heavy atom. The van der Waals surface area contributed by atoms with Gasteiger partial charge in [-0.25, -0.2) is 0 Å². The first-order chi connectivity index (χ1) is 9.99. The summed E-state index contributed by atoms with van der Waals surface area (Å²) in [4.78, 5) is 0. The van der Waals surface area contributed by atoms with Crippen molar-refractivity contribution in [1.82, 2.24) is 0 Å². The van der Waals surface area contributed by atoms with Crippen LogP contribution < -0.4 is 9.47 Å². The van der Waals surface area contributed by atoms with E-state index in [0.29, 0.717) is 5.75 Å². The predicted octanol–water partition coefficient (Wildman–Crippen LogP) is 3.71. The molecule has 0 saturated heterocycles. The van der Waals surface area contributed by atoms with Crippen molar-refractivity contribution in [3.05, 3.63) is 58.1 Å². The largest absolute Gasteiger partial charge is 0.496 e. The summed E-state index contributed by atoms with van der Waals surface area (Å²) >= 11 is 0. The third-order valence-electron chi connectivity index (χ3n) is 3.89. The first kappa shape index (κ1) is 15.4. The fraction of sp³-hybridized carbons (Fsp3) is 0.333. The summed E-state index contributed by atoms with van der Waals surface area (Å²) < 4.78 is 10.9. The molecule has 0 radical (unpaired) electrons. The smallest absolute Gasteiger partial charge is 0.128 e. The Balaban J connectivity index is 2.57. The van der Waals surface area contributed by atoms with E-state index in [1.54, 1.807) is 14.2 Å². The van der Waals surface area contributed by atoms with Gasteiger partial charge in [0, 0.05) is 11.1 Å². The summed E-state index contributed by atoms with van der Waals surface area (Å²) in [5.74, 6) is 1.40. The number of methoxy groups -OCH3 is 2. The van der Waals surface area contributed by atoms with E-state index in [1.807, 2.05) is 51.1 Å². The quantitative estimate of drug-likeness (QED) is 0.931. The average molecular weight is 286 g/mol. The Morgan fingerprint density at radius 3 is 2.24 bits per heavy atom. The van der Waals surface area contributed by atoms with Gasteiger partial charge in [0.25, 0.3) is 0 Å². The third-order valence-corrected chi connectivity index (χ3v) is 3.89. The molecular weight excluding hydrogens is 264 g/mol. The van der Waals surface area contributed by atoms with Gasteiger partial charge in [-0.05, 0) is 44.0 Å². The molecule has 1 N–H and O–H groups in total. The van der Waals surface area contributed by atoms with Gasteiger partial charge in [0.2, 0.25) is 0 Å². The minimum absolute atomic E-state index is 0.674. The normalized spacial score (nSPS) is 12.1. The molecule has 2 aromatic carbocycles. The fourth-order valence-corrected chi connectivity index (χ4v) is 2.53. The van der Waals surface area contributed by atoms with E-state index in [-0.39, 0.29) is 0 Å². The number of aliphatic hydroxyl groups is 1. The van der Waals surface area contributed by atoms with Crippen molar-refractivity contribution in [2.24, 2.45) is 0 Å². The van der Waals surface area contributed by atoms with E-state index in [1.165, 1.54) is 0 Å². The van der Waals surface area contributed by atoms with Crippen LogP contribution in [0.4, 0.5) is 0 Å². The molecule has 2 aromatic rings. The second-order valence-electron chi connectivity index (χ2n) is 5.28. The van der Waals surface area contributed by atoms with E-state index in [0.717, 1.165) is 33.6 Å². The van der Waals surface area contributed by atoms with Gasteiger partial charge >= 0.3 is 0 Å². The molecule has 0 saturated carbocycles. The Bertz CT molecular complexity index is 647. The highest BCUT2D eigenvalue weighted by Gasteiger charge is 2.21. The summed E-state index contributed by atoms with van der Waals surface area (Å²) in [5.41, 5.74) is 4.76. The molecule has 3 heteroatoms. The Morgan fingerprint density at radius 1 is 0.905 bits per heavy atom. The van der Waals surface area contributed by atoms with E-state index in [2.05, 4.69) is 0 Å². The van der Waals surface area contributed by atoms with Gasteiger partial charge in [0.1, 0.15) is 17.6 Å². The molecule has 0 aromatic heterocycles. The number of aryl methyl sites for hydroxylation is 2. The van der Waals surface area contributed by atoms with Gasteiger partial charge in [-0.15, -0.1) is 0 Å². The SMILES string of the molecule is COc1ccc(C)cc1C(O)c1ccc(C)c(C)c1OC. The molecule has 21 heavy (non-hydrogen) atoms. The maximum atomic E-state index is 10.8. The van der Waals surface area contributed by atoms with Crippen molar-refractivity contribution in [3.8, 4) is 11.5 Å². The van der Waals surface area contributed by atoms with Crippen LogP contribution in [-0.2, 0) is 0 Å². The van der Waals surface area contributed by atoms with Crippen molar-refractivity contribution >= 4 is 0 Å². The van der Waals surface area contributed by atoms with Gasteiger partial charge in [0.15, 0.2) is 0 Å². The van der Waals surface area contributed by atoms with Crippen LogP contribution in [0.3, 0.4) is 0 Å². The minimum atomic E-state index is -0.783. The lowest BCUT2D eigenvalue weighted by atomic mass is 9.95. The number of ether oxygens (including phenoxy) is 2. The Kier molecular flexibility index (Phi) is 4.53. The molecule has 2 rings (SSSR count). The number of hydrogen-bond donors (Lipinski definition) is 1. The van der Waals surface area contributed by atoms with Gasteiger partial charge in [-0.1, -0.05) is 23.8 Å². The zero-order valence-electron chi connectivity index (χ0n) is 13.2. The van der Waals surface area contributed by atoms with Gasteiger partial charge in [0.05, 0.1) is 14.2 Å². The summed E-state index contributed by atoms with van der Waals surface area (Å²) in [6.45, 7) is 6.02. The third kappa shape index (κ3) is 2.88. The van der Waals surface area contributed by atoms with Crippen LogP contribution in [0, 0.1) is 20.8 Å². The van der Waals surface area contributed by atoms with Crippen LogP contribution in [0.15, 0.2) is 30.3 Å². The van der Waals surface area contributed by atoms with Crippen molar-refractivity contribution in [3.63, 3.8) is 0 Å². The molecule has 0 aliphatic heterocycles. The van der Waals surface area contributed by atoms with E-state index >= 15 is 0 Å². The second-order valence-corrected chi connectivity index (χ2v) is 5.28. The van der Waals surface area contributed by atoms with E-state index < -0.39 is 6.10 Å². The molecule has 0 amide bonds. The molecule has 0 aliphatic rings. The summed E-state index contributed by atoms with van der Waals surface area (Å²) in [7, 11) is 3.24. The van der Waals surface area contributed by atoms with Crippen molar-refractivity contribution in [1.29, 1.82) is 0 Å². The number of hydrogen-bond acceptors (Lipinski definition) is 3. The van der Waals surface area contributed by atoms with Crippen LogP contribution in [0.2, 0.25) is 0 Å². The molecule has 0 bridgehead atoms. The first-order valence-electron chi connectivity index (χ1n) is 6.96. The van der Waals surface area contributed by atoms with Crippen LogP contribution in [0.1, 0.15) is 33.9 Å². The number of benzene rings is 2. The molecular formula is C18H22O3. The van der Waals surface area contributed by atoms with Gasteiger partial charge in [-0.3, -0.25) is 0 Å². The highest BCUT2D eigenvalue weighted by atomic mass is 16.5. The Labute approximate surface area is 126 Å². The fourth-order valence-electron chi connectivity index (χ4n) is 2.53. The van der Waals surface area contributed by atoms with Crippen molar-refractivity contribution in [2.75, 3.05) is 14.2 Å². The molecule has 1 unspecified atom stereocenters. The average Bonchev–Trinajstić information content (AvgIpc) is 2.49.